The molecule has 2 aromatic carbocycles. The van der Waals surface area contributed by atoms with Gasteiger partial charge in [0.05, 0.1) is 5.91 Å². The van der Waals surface area contributed by atoms with Gasteiger partial charge in [0.25, 0.3) is 0 Å². The number of rotatable bonds is 0. The Balaban J connectivity index is 0. The standard InChI is InChI=1S/C9H7.C4H7NO.2ClH.Ti/c1-2-5-9-7-3-6-8(9)4-1;6-4-2-1-3-5-4;;;/h1-7H;1-3H2,(H,5,6);2*1H;/q-1;;;;+4/p-3. The second kappa shape index (κ2) is 10.5. The van der Waals surface area contributed by atoms with Crippen LogP contribution in [0.4, 0.5) is 0 Å². The first-order valence-electron chi connectivity index (χ1n) is 5.17. The Morgan fingerprint density at radius 3 is 2.33 bits per heavy atom. The van der Waals surface area contributed by atoms with Crippen molar-refractivity contribution < 1.29 is 51.3 Å². The van der Waals surface area contributed by atoms with E-state index in [-0.39, 0.29) is 52.4 Å². The van der Waals surface area contributed by atoms with E-state index in [1.165, 1.54) is 10.8 Å². The van der Waals surface area contributed by atoms with Crippen LogP contribution in [-0.2, 0) is 26.5 Å². The van der Waals surface area contributed by atoms with Gasteiger partial charge in [-0.2, -0.15) is 17.5 Å². The molecule has 0 N–H and O–H groups in total. The van der Waals surface area contributed by atoms with Crippen LogP contribution < -0.4 is 24.8 Å². The molecule has 0 radical (unpaired) electrons. The van der Waals surface area contributed by atoms with Gasteiger partial charge in [-0.05, 0) is 6.42 Å². The number of carbonyl (C=O) groups is 1. The van der Waals surface area contributed by atoms with E-state index in [0.717, 1.165) is 13.0 Å². The second-order valence-electron chi connectivity index (χ2n) is 3.53. The van der Waals surface area contributed by atoms with E-state index in [4.69, 9.17) is 0 Å². The summed E-state index contributed by atoms with van der Waals surface area (Å²) in [4.78, 5) is 10.1. The third-order valence-electron chi connectivity index (χ3n) is 2.38. The van der Waals surface area contributed by atoms with Gasteiger partial charge in [0.15, 0.2) is 0 Å². The number of amides is 1. The van der Waals surface area contributed by atoms with Crippen LogP contribution in [0.25, 0.3) is 16.1 Å². The minimum Gasteiger partial charge on any atom is -1.00 e. The van der Waals surface area contributed by atoms with E-state index < -0.39 is 0 Å². The maximum absolute atomic E-state index is 10.1. The van der Waals surface area contributed by atoms with Gasteiger partial charge in [0.1, 0.15) is 0 Å². The van der Waals surface area contributed by atoms with Crippen molar-refractivity contribution in [2.75, 3.05) is 6.54 Å². The van der Waals surface area contributed by atoms with Gasteiger partial charge in [-0.25, -0.2) is 0 Å². The van der Waals surface area contributed by atoms with Gasteiger partial charge in [-0.3, -0.25) is 0 Å². The number of halogens is 2. The molecule has 0 unspecified atom stereocenters. The first-order valence-corrected chi connectivity index (χ1v) is 5.17. The Kier molecular flexibility index (Phi) is 11.6. The van der Waals surface area contributed by atoms with Gasteiger partial charge < -0.3 is 34.9 Å². The summed E-state index contributed by atoms with van der Waals surface area (Å²) in [5.74, 6) is 0.0787. The van der Waals surface area contributed by atoms with E-state index in [9.17, 15) is 4.79 Å². The zero-order chi connectivity index (χ0) is 10.5. The Hall–Kier alpha value is -0.406. The first-order chi connectivity index (χ1) is 7.36. The van der Waals surface area contributed by atoms with Gasteiger partial charge in [-0.1, -0.05) is 12.5 Å². The predicted molar refractivity (Wildman–Crippen MR) is 62.0 cm³/mol. The monoisotopic (exact) mass is 317 g/mol. The Morgan fingerprint density at radius 2 is 1.83 bits per heavy atom. The zero-order valence-corrected chi connectivity index (χ0v) is 12.8. The van der Waals surface area contributed by atoms with Gasteiger partial charge in [0.2, 0.25) is 0 Å². The van der Waals surface area contributed by atoms with Crippen LogP contribution >= 0.6 is 0 Å². The third-order valence-corrected chi connectivity index (χ3v) is 2.38. The largest absolute Gasteiger partial charge is 4.00 e. The third kappa shape index (κ3) is 5.97. The molecule has 1 aliphatic heterocycles. The fourth-order valence-electron chi connectivity index (χ4n) is 1.58. The van der Waals surface area contributed by atoms with Crippen LogP contribution in [-0.4, -0.2) is 12.5 Å². The number of benzene rings is 1. The number of fused-ring (bicyclic) bond motifs is 1. The van der Waals surface area contributed by atoms with E-state index in [1.807, 2.05) is 0 Å². The summed E-state index contributed by atoms with van der Waals surface area (Å²) < 4.78 is 0. The van der Waals surface area contributed by atoms with Crippen LogP contribution in [0.15, 0.2) is 42.5 Å². The second-order valence-corrected chi connectivity index (χ2v) is 3.53. The number of hydrogen-bond acceptors (Lipinski definition) is 1. The molecule has 0 bridgehead atoms. The molecular weight excluding hydrogens is 305 g/mol. The molecule has 0 aromatic heterocycles. The molecule has 0 atom stereocenters. The zero-order valence-electron chi connectivity index (χ0n) is 9.77. The van der Waals surface area contributed by atoms with Gasteiger partial charge >= 0.3 is 21.7 Å². The number of hydrogen-bond donors (Lipinski definition) is 0. The number of nitrogens with zero attached hydrogens (tertiary/aromatic N) is 1. The molecule has 0 spiro atoms. The molecule has 2 aromatic rings. The average molecular weight is 318 g/mol. The summed E-state index contributed by atoms with van der Waals surface area (Å²) in [6.07, 6.45) is 1.65. The average Bonchev–Trinajstić information content (AvgIpc) is 2.88. The molecule has 18 heavy (non-hydrogen) atoms. The quantitative estimate of drug-likeness (QED) is 0.383. The molecule has 1 aliphatic rings. The molecule has 1 saturated heterocycles. The van der Waals surface area contributed by atoms with Crippen LogP contribution in [0.3, 0.4) is 0 Å². The Morgan fingerprint density at radius 1 is 1.11 bits per heavy atom. The summed E-state index contributed by atoms with van der Waals surface area (Å²) in [7, 11) is 0. The summed E-state index contributed by atoms with van der Waals surface area (Å²) in [6, 6.07) is 14.7. The normalized spacial score (nSPS) is 12.1. The molecule has 1 amide bonds. The van der Waals surface area contributed by atoms with Crippen molar-refractivity contribution in [3.63, 3.8) is 0 Å². The van der Waals surface area contributed by atoms with Crippen molar-refractivity contribution in [1.82, 2.24) is 0 Å². The molecular formula is C13H13Cl2NOTi. The first kappa shape index (κ1) is 19.9. The fraction of sp³-hybridized carbons (Fsp3) is 0.231. The molecule has 5 heteroatoms. The smallest absolute Gasteiger partial charge is 1.00 e. The van der Waals surface area contributed by atoms with Crippen molar-refractivity contribution in [2.45, 2.75) is 12.8 Å². The van der Waals surface area contributed by atoms with Crippen LogP contribution in [0, 0.1) is 0 Å². The fourth-order valence-corrected chi connectivity index (χ4v) is 1.58. The number of carbonyl (C=O) groups excluding carboxylic acids is 1. The summed E-state index contributed by atoms with van der Waals surface area (Å²) >= 11 is 0. The minimum absolute atomic E-state index is 0. The topological polar surface area (TPSA) is 31.2 Å². The van der Waals surface area contributed by atoms with Crippen molar-refractivity contribution in [3.05, 3.63) is 47.8 Å². The predicted octanol–water partition coefficient (Wildman–Crippen LogP) is -2.76. The van der Waals surface area contributed by atoms with E-state index in [1.54, 1.807) is 0 Å². The van der Waals surface area contributed by atoms with Crippen LogP contribution in [0.1, 0.15) is 12.8 Å². The summed E-state index contributed by atoms with van der Waals surface area (Å²) in [6.45, 7) is 0.763. The van der Waals surface area contributed by atoms with Crippen molar-refractivity contribution in [3.8, 4) is 0 Å². The minimum atomic E-state index is 0. The maximum atomic E-state index is 10.1. The molecule has 1 heterocycles. The SMILES string of the molecule is O=C1CCC[N-]1.[Cl-].[Cl-].[Ti+4].c1ccc2[cH-]ccc2c1. The van der Waals surface area contributed by atoms with Crippen molar-refractivity contribution in [1.29, 1.82) is 0 Å². The van der Waals surface area contributed by atoms with Crippen molar-refractivity contribution >= 4 is 16.7 Å². The molecule has 0 aliphatic carbocycles. The van der Waals surface area contributed by atoms with Crippen LogP contribution in [0.2, 0.25) is 0 Å². The van der Waals surface area contributed by atoms with E-state index >= 15 is 0 Å². The van der Waals surface area contributed by atoms with E-state index in [2.05, 4.69) is 47.8 Å². The van der Waals surface area contributed by atoms with Crippen molar-refractivity contribution in [2.24, 2.45) is 0 Å². The summed E-state index contributed by atoms with van der Waals surface area (Å²) in [5, 5.41) is 6.26. The Labute approximate surface area is 135 Å². The van der Waals surface area contributed by atoms with Gasteiger partial charge in [-0.15, -0.1) is 36.2 Å². The summed E-state index contributed by atoms with van der Waals surface area (Å²) in [5.41, 5.74) is 0. The van der Waals surface area contributed by atoms with Gasteiger partial charge in [0, 0.05) is 0 Å². The molecule has 3 rings (SSSR count). The molecule has 2 nitrogen and oxygen atoms in total. The molecule has 0 saturated carbocycles. The van der Waals surface area contributed by atoms with E-state index in [0.29, 0.717) is 6.42 Å². The molecule has 1 fully saturated rings. The Bertz CT molecular complexity index is 421. The molecule has 94 valence electrons. The maximum Gasteiger partial charge on any atom is 4.00 e. The van der Waals surface area contributed by atoms with Crippen LogP contribution in [0.5, 0.6) is 0 Å².